The van der Waals surface area contributed by atoms with Crippen LogP contribution in [-0.4, -0.2) is 5.48 Å². The molecule has 110 valence electrons. The first-order valence-electron chi connectivity index (χ1n) is 6.98. The molecule has 1 aromatic carbocycles. The largest absolute Gasteiger partial charge is 0.412 e. The summed E-state index contributed by atoms with van der Waals surface area (Å²) in [4.78, 5) is 0. The molecule has 0 unspecified atom stereocenters. The van der Waals surface area contributed by atoms with E-state index >= 15 is 0 Å². The first-order valence-corrected chi connectivity index (χ1v) is 6.98. The molecular weight excluding hydrogens is 232 g/mol. The Bertz CT molecular complexity index is 343. The van der Waals surface area contributed by atoms with Crippen LogP contribution in [-0.2, 0) is 16.2 Å². The molecule has 0 heterocycles. The van der Waals surface area contributed by atoms with E-state index in [-0.39, 0.29) is 21.7 Å². The molecule has 0 saturated heterocycles. The van der Waals surface area contributed by atoms with E-state index in [1.807, 2.05) is 0 Å². The highest BCUT2D eigenvalue weighted by Crippen LogP contribution is 2.34. The van der Waals surface area contributed by atoms with Gasteiger partial charge >= 0.3 is 0 Å². The van der Waals surface area contributed by atoms with Crippen LogP contribution in [0.2, 0.25) is 0 Å². The Morgan fingerprint density at radius 2 is 0.632 bits per heavy atom. The van der Waals surface area contributed by atoms with Gasteiger partial charge in [-0.05, 0) is 32.9 Å². The average Bonchev–Trinajstić information content (AvgIpc) is 2.13. The lowest BCUT2D eigenvalue weighted by Gasteiger charge is -2.29. The zero-order valence-electron chi connectivity index (χ0n) is 14.2. The number of hydrogen-bond acceptors (Lipinski definition) is 0. The fourth-order valence-corrected chi connectivity index (χ4v) is 1.93. The zero-order valence-corrected chi connectivity index (χ0v) is 14.2. The molecule has 2 N–H and O–H groups in total. The van der Waals surface area contributed by atoms with Crippen LogP contribution in [0.4, 0.5) is 0 Å². The summed E-state index contributed by atoms with van der Waals surface area (Å²) < 4.78 is 0. The highest BCUT2D eigenvalue weighted by molar-refractivity contribution is 5.39. The van der Waals surface area contributed by atoms with Crippen molar-refractivity contribution < 1.29 is 5.48 Å². The molecule has 1 heteroatoms. The summed E-state index contributed by atoms with van der Waals surface area (Å²) in [5, 5.41) is 0. The second-order valence-electron chi connectivity index (χ2n) is 8.55. The van der Waals surface area contributed by atoms with Crippen LogP contribution in [0, 0.1) is 0 Å². The number of hydrogen-bond donors (Lipinski definition) is 0. The maximum absolute atomic E-state index is 2.38. The van der Waals surface area contributed by atoms with Crippen molar-refractivity contribution in [1.29, 1.82) is 0 Å². The van der Waals surface area contributed by atoms with Gasteiger partial charge in [0.1, 0.15) is 0 Å². The van der Waals surface area contributed by atoms with Crippen molar-refractivity contribution in [2.45, 2.75) is 78.6 Å². The van der Waals surface area contributed by atoms with Crippen LogP contribution in [0.25, 0.3) is 0 Å². The Hall–Kier alpha value is -0.820. The van der Waals surface area contributed by atoms with Gasteiger partial charge in [-0.25, -0.2) is 0 Å². The first kappa shape index (κ1) is 18.2. The molecule has 0 fully saturated rings. The Kier molecular flexibility index (Phi) is 5.05. The minimum Gasteiger partial charge on any atom is -0.412 e. The van der Waals surface area contributed by atoms with Crippen molar-refractivity contribution in [3.8, 4) is 0 Å². The smallest absolute Gasteiger partial charge is 0.0132 e. The van der Waals surface area contributed by atoms with Gasteiger partial charge in [0, 0.05) is 0 Å². The molecule has 0 atom stereocenters. The number of benzene rings is 1. The van der Waals surface area contributed by atoms with Gasteiger partial charge in [-0.15, -0.1) is 0 Å². The molecule has 19 heavy (non-hydrogen) atoms. The molecule has 0 aromatic heterocycles. The molecule has 1 rings (SSSR count). The molecule has 0 bridgehead atoms. The standard InChI is InChI=1S/C18H30.H2O/c1-16(2,3)13-10-14(17(4,5)6)12-15(11-13)18(7,8)9;/h10-12H,1-9H3;1H2. The quantitative estimate of drug-likeness (QED) is 0.647. The van der Waals surface area contributed by atoms with Crippen molar-refractivity contribution >= 4 is 0 Å². The van der Waals surface area contributed by atoms with Crippen LogP contribution in [0.3, 0.4) is 0 Å². The lowest BCUT2D eigenvalue weighted by Crippen LogP contribution is -2.20. The zero-order chi connectivity index (χ0) is 14.4. The van der Waals surface area contributed by atoms with Gasteiger partial charge in [0.05, 0.1) is 0 Å². The van der Waals surface area contributed by atoms with Gasteiger partial charge in [0.15, 0.2) is 0 Å². The van der Waals surface area contributed by atoms with Gasteiger partial charge in [0.25, 0.3) is 0 Å². The van der Waals surface area contributed by atoms with Crippen LogP contribution in [0.1, 0.15) is 79.0 Å². The van der Waals surface area contributed by atoms with E-state index in [0.29, 0.717) is 0 Å². The van der Waals surface area contributed by atoms with E-state index in [9.17, 15) is 0 Å². The Morgan fingerprint density at radius 1 is 0.474 bits per heavy atom. The third-order valence-corrected chi connectivity index (χ3v) is 3.53. The van der Waals surface area contributed by atoms with Gasteiger partial charge < -0.3 is 5.48 Å². The minimum atomic E-state index is 0. The molecule has 0 radical (unpaired) electrons. The topological polar surface area (TPSA) is 31.5 Å². The lowest BCUT2D eigenvalue weighted by atomic mass is 9.76. The van der Waals surface area contributed by atoms with Crippen molar-refractivity contribution in [1.82, 2.24) is 0 Å². The highest BCUT2D eigenvalue weighted by atomic mass is 16.0. The third kappa shape index (κ3) is 4.65. The maximum atomic E-state index is 2.38. The van der Waals surface area contributed by atoms with E-state index in [4.69, 9.17) is 0 Å². The summed E-state index contributed by atoms with van der Waals surface area (Å²) in [6.45, 7) is 20.6. The van der Waals surface area contributed by atoms with E-state index in [1.165, 1.54) is 16.7 Å². The van der Waals surface area contributed by atoms with Gasteiger partial charge in [-0.1, -0.05) is 80.5 Å². The fraction of sp³-hybridized carbons (Fsp3) is 0.667. The fourth-order valence-electron chi connectivity index (χ4n) is 1.93. The molecule has 0 aliphatic carbocycles. The van der Waals surface area contributed by atoms with Gasteiger partial charge in [-0.2, -0.15) is 0 Å². The molecule has 0 aliphatic rings. The van der Waals surface area contributed by atoms with E-state index < -0.39 is 0 Å². The minimum absolute atomic E-state index is 0. The van der Waals surface area contributed by atoms with Crippen molar-refractivity contribution in [3.05, 3.63) is 34.9 Å². The van der Waals surface area contributed by atoms with Gasteiger partial charge in [0.2, 0.25) is 0 Å². The van der Waals surface area contributed by atoms with E-state index in [2.05, 4.69) is 80.5 Å². The van der Waals surface area contributed by atoms with Crippen LogP contribution >= 0.6 is 0 Å². The first-order chi connectivity index (χ1) is 7.82. The SMILES string of the molecule is CC(C)(C)c1cc(C(C)(C)C)cc(C(C)(C)C)c1.O. The van der Waals surface area contributed by atoms with Crippen molar-refractivity contribution in [3.63, 3.8) is 0 Å². The predicted octanol–water partition coefficient (Wildman–Crippen LogP) is 4.75. The summed E-state index contributed by atoms with van der Waals surface area (Å²) >= 11 is 0. The maximum Gasteiger partial charge on any atom is -0.0132 e. The summed E-state index contributed by atoms with van der Waals surface area (Å²) in [5.74, 6) is 0. The highest BCUT2D eigenvalue weighted by Gasteiger charge is 2.23. The number of rotatable bonds is 0. The molecule has 0 amide bonds. The van der Waals surface area contributed by atoms with Crippen molar-refractivity contribution in [2.75, 3.05) is 0 Å². The lowest BCUT2D eigenvalue weighted by molar-refractivity contribution is 0.548. The summed E-state index contributed by atoms with van der Waals surface area (Å²) in [6.07, 6.45) is 0. The average molecular weight is 264 g/mol. The third-order valence-electron chi connectivity index (χ3n) is 3.53. The predicted molar refractivity (Wildman–Crippen MR) is 86.2 cm³/mol. The molecule has 0 saturated carbocycles. The van der Waals surface area contributed by atoms with Crippen LogP contribution in [0.5, 0.6) is 0 Å². The van der Waals surface area contributed by atoms with E-state index in [1.54, 1.807) is 0 Å². The molecule has 1 aromatic rings. The molecule has 1 nitrogen and oxygen atoms in total. The Morgan fingerprint density at radius 3 is 0.737 bits per heavy atom. The Labute approximate surface area is 119 Å². The summed E-state index contributed by atoms with van der Waals surface area (Å²) in [6, 6.07) is 7.15. The molecule has 0 aliphatic heterocycles. The molecule has 0 spiro atoms. The van der Waals surface area contributed by atoms with E-state index in [0.717, 1.165) is 0 Å². The second-order valence-corrected chi connectivity index (χ2v) is 8.55. The van der Waals surface area contributed by atoms with Crippen LogP contribution in [0.15, 0.2) is 18.2 Å². The van der Waals surface area contributed by atoms with Crippen molar-refractivity contribution in [2.24, 2.45) is 0 Å². The van der Waals surface area contributed by atoms with Gasteiger partial charge in [-0.3, -0.25) is 0 Å². The monoisotopic (exact) mass is 264 g/mol. The molecular formula is C18H32O. The van der Waals surface area contributed by atoms with Crippen LogP contribution < -0.4 is 0 Å². The normalized spacial score (nSPS) is 13.1. The Balaban J connectivity index is 0.00000324. The summed E-state index contributed by atoms with van der Waals surface area (Å²) in [7, 11) is 0. The summed E-state index contributed by atoms with van der Waals surface area (Å²) in [5.41, 5.74) is 4.96. The second kappa shape index (κ2) is 5.28.